The van der Waals surface area contributed by atoms with E-state index in [1.165, 1.54) is 4.88 Å². The molecule has 2 aromatic heterocycles. The minimum absolute atomic E-state index is 0.0196. The first kappa shape index (κ1) is 21.9. The SMILES string of the molecule is CCN(CC(=O)Nc1ccc2c(c1)OCCO2)C(=O)c1c(-n2cccc2)sc2c1CCSC2. The molecule has 1 aromatic carbocycles. The minimum atomic E-state index is -0.246. The summed E-state index contributed by atoms with van der Waals surface area (Å²) in [7, 11) is 0. The lowest BCUT2D eigenvalue weighted by Gasteiger charge is -2.23. The molecule has 33 heavy (non-hydrogen) atoms. The monoisotopic (exact) mass is 483 g/mol. The molecule has 0 fully saturated rings. The Balaban J connectivity index is 1.36. The van der Waals surface area contributed by atoms with Crippen LogP contribution in [0.15, 0.2) is 42.7 Å². The highest BCUT2D eigenvalue weighted by Crippen LogP contribution is 2.39. The third kappa shape index (κ3) is 4.47. The number of likely N-dealkylation sites (N-methyl/N-ethyl adjacent to an activating group) is 1. The van der Waals surface area contributed by atoms with Gasteiger partial charge in [-0.15, -0.1) is 11.3 Å². The molecule has 0 saturated carbocycles. The van der Waals surface area contributed by atoms with E-state index >= 15 is 0 Å². The highest BCUT2D eigenvalue weighted by atomic mass is 32.2. The normalized spacial score (nSPS) is 14.5. The van der Waals surface area contributed by atoms with E-state index in [-0.39, 0.29) is 18.4 Å². The van der Waals surface area contributed by atoms with Gasteiger partial charge in [0.1, 0.15) is 24.8 Å². The molecule has 0 spiro atoms. The molecule has 1 N–H and O–H groups in total. The maximum Gasteiger partial charge on any atom is 0.257 e. The summed E-state index contributed by atoms with van der Waals surface area (Å²) in [5.41, 5.74) is 2.49. The smallest absolute Gasteiger partial charge is 0.257 e. The van der Waals surface area contributed by atoms with E-state index in [0.717, 1.165) is 34.1 Å². The summed E-state index contributed by atoms with van der Waals surface area (Å²) in [4.78, 5) is 29.4. The fourth-order valence-electron chi connectivity index (χ4n) is 4.07. The van der Waals surface area contributed by atoms with E-state index in [0.29, 0.717) is 36.9 Å². The number of aromatic nitrogens is 1. The molecule has 5 rings (SSSR count). The largest absolute Gasteiger partial charge is 0.486 e. The standard InChI is InChI=1S/C24H25N3O4S2/c1-2-26(14-21(28)25-16-5-6-18-19(13-16)31-11-10-30-18)23(29)22-17-7-12-32-15-20(17)33-24(22)27-8-3-4-9-27/h3-6,8-9,13H,2,7,10-12,14-15H2,1H3,(H,25,28). The number of nitrogens with zero attached hydrogens (tertiary/aromatic N) is 2. The highest BCUT2D eigenvalue weighted by molar-refractivity contribution is 7.98. The second kappa shape index (κ2) is 9.52. The van der Waals surface area contributed by atoms with Gasteiger partial charge in [0.05, 0.1) is 5.56 Å². The van der Waals surface area contributed by atoms with Crippen LogP contribution in [0.4, 0.5) is 5.69 Å². The summed E-state index contributed by atoms with van der Waals surface area (Å²) >= 11 is 3.58. The van der Waals surface area contributed by atoms with Crippen LogP contribution in [0.5, 0.6) is 11.5 Å². The maximum atomic E-state index is 13.7. The summed E-state index contributed by atoms with van der Waals surface area (Å²) in [6.07, 6.45) is 4.80. The molecular weight excluding hydrogens is 458 g/mol. The van der Waals surface area contributed by atoms with E-state index in [2.05, 4.69) is 5.32 Å². The van der Waals surface area contributed by atoms with Crippen molar-refractivity contribution >= 4 is 40.6 Å². The van der Waals surface area contributed by atoms with Crippen LogP contribution in [0.3, 0.4) is 0 Å². The van der Waals surface area contributed by atoms with Gasteiger partial charge in [-0.05, 0) is 48.9 Å². The summed E-state index contributed by atoms with van der Waals surface area (Å²) in [6, 6.07) is 9.23. The molecule has 9 heteroatoms. The van der Waals surface area contributed by atoms with E-state index in [1.807, 2.05) is 47.8 Å². The van der Waals surface area contributed by atoms with Crippen molar-refractivity contribution in [2.75, 3.05) is 37.4 Å². The molecule has 0 radical (unpaired) electrons. The first-order valence-corrected chi connectivity index (χ1v) is 13.0. The van der Waals surface area contributed by atoms with Gasteiger partial charge in [0, 0.05) is 41.3 Å². The van der Waals surface area contributed by atoms with Gasteiger partial charge in [0.25, 0.3) is 5.91 Å². The van der Waals surface area contributed by atoms with Gasteiger partial charge in [-0.1, -0.05) is 0 Å². The van der Waals surface area contributed by atoms with Crippen LogP contribution in [0.1, 0.15) is 27.7 Å². The molecule has 2 aliphatic rings. The Hall–Kier alpha value is -2.91. The van der Waals surface area contributed by atoms with Gasteiger partial charge in [-0.2, -0.15) is 11.8 Å². The molecule has 4 heterocycles. The predicted octanol–water partition coefficient (Wildman–Crippen LogP) is 4.20. The van der Waals surface area contributed by atoms with E-state index in [9.17, 15) is 9.59 Å². The van der Waals surface area contributed by atoms with Gasteiger partial charge in [-0.25, -0.2) is 0 Å². The molecule has 0 unspecified atom stereocenters. The van der Waals surface area contributed by atoms with Gasteiger partial charge in [0.2, 0.25) is 5.91 Å². The van der Waals surface area contributed by atoms with Crippen LogP contribution >= 0.6 is 23.1 Å². The number of carbonyl (C=O) groups is 2. The van der Waals surface area contributed by atoms with Crippen LogP contribution < -0.4 is 14.8 Å². The maximum absolute atomic E-state index is 13.7. The Morgan fingerprint density at radius 2 is 1.94 bits per heavy atom. The van der Waals surface area contributed by atoms with Gasteiger partial charge in [0.15, 0.2) is 11.5 Å². The summed E-state index contributed by atoms with van der Waals surface area (Å²) in [5.74, 6) is 2.88. The van der Waals surface area contributed by atoms with Crippen LogP contribution in [-0.2, 0) is 17.0 Å². The molecule has 0 bridgehead atoms. The van der Waals surface area contributed by atoms with Crippen molar-refractivity contribution in [3.05, 3.63) is 58.7 Å². The Kier molecular flexibility index (Phi) is 6.32. The molecule has 2 aliphatic heterocycles. The number of nitrogens with one attached hydrogen (secondary N) is 1. The topological polar surface area (TPSA) is 72.8 Å². The van der Waals surface area contributed by atoms with Crippen LogP contribution in [0, 0.1) is 0 Å². The molecule has 0 aliphatic carbocycles. The molecule has 3 aromatic rings. The number of hydrogen-bond acceptors (Lipinski definition) is 6. The van der Waals surface area contributed by atoms with Gasteiger partial charge < -0.3 is 24.3 Å². The highest BCUT2D eigenvalue weighted by Gasteiger charge is 2.29. The van der Waals surface area contributed by atoms with Crippen molar-refractivity contribution in [2.24, 2.45) is 0 Å². The van der Waals surface area contributed by atoms with Crippen molar-refractivity contribution in [3.63, 3.8) is 0 Å². The van der Waals surface area contributed by atoms with E-state index < -0.39 is 0 Å². The molecule has 0 atom stereocenters. The lowest BCUT2D eigenvalue weighted by molar-refractivity contribution is -0.116. The zero-order valence-electron chi connectivity index (χ0n) is 18.3. The number of thioether (sulfide) groups is 1. The number of benzene rings is 1. The minimum Gasteiger partial charge on any atom is -0.486 e. The van der Waals surface area contributed by atoms with Crippen molar-refractivity contribution in [3.8, 4) is 16.5 Å². The summed E-state index contributed by atoms with van der Waals surface area (Å²) in [5, 5.41) is 3.82. The summed E-state index contributed by atoms with van der Waals surface area (Å²) < 4.78 is 13.1. The molecule has 7 nitrogen and oxygen atoms in total. The predicted molar refractivity (Wildman–Crippen MR) is 131 cm³/mol. The number of carbonyl (C=O) groups excluding carboxylic acids is 2. The first-order valence-electron chi connectivity index (χ1n) is 11.0. The van der Waals surface area contributed by atoms with Crippen molar-refractivity contribution in [1.82, 2.24) is 9.47 Å². The lowest BCUT2D eigenvalue weighted by Crippen LogP contribution is -2.38. The van der Waals surface area contributed by atoms with Gasteiger partial charge in [-0.3, -0.25) is 9.59 Å². The van der Waals surface area contributed by atoms with Crippen LogP contribution in [0.2, 0.25) is 0 Å². The number of fused-ring (bicyclic) bond motifs is 2. The summed E-state index contributed by atoms with van der Waals surface area (Å²) in [6.45, 7) is 3.32. The second-order valence-corrected chi connectivity index (χ2v) is 9.99. The second-order valence-electron chi connectivity index (χ2n) is 7.80. The van der Waals surface area contributed by atoms with Crippen molar-refractivity contribution < 1.29 is 19.1 Å². The number of anilines is 1. The van der Waals surface area contributed by atoms with Crippen molar-refractivity contribution in [1.29, 1.82) is 0 Å². The number of ether oxygens (including phenoxy) is 2. The Morgan fingerprint density at radius 3 is 2.73 bits per heavy atom. The molecule has 172 valence electrons. The quantitative estimate of drug-likeness (QED) is 0.569. The Morgan fingerprint density at radius 1 is 1.15 bits per heavy atom. The average Bonchev–Trinajstić information content (AvgIpc) is 3.50. The molecular formula is C24H25N3O4S2. The number of rotatable bonds is 6. The Bertz CT molecular complexity index is 1170. The number of amides is 2. The van der Waals surface area contributed by atoms with E-state index in [4.69, 9.17) is 9.47 Å². The zero-order chi connectivity index (χ0) is 22.8. The van der Waals surface area contributed by atoms with Gasteiger partial charge >= 0.3 is 0 Å². The van der Waals surface area contributed by atoms with E-state index in [1.54, 1.807) is 34.4 Å². The number of hydrogen-bond donors (Lipinski definition) is 1. The van der Waals surface area contributed by atoms with Crippen LogP contribution in [0.25, 0.3) is 5.00 Å². The third-order valence-electron chi connectivity index (χ3n) is 5.68. The first-order chi connectivity index (χ1) is 16.1. The third-order valence-corrected chi connectivity index (χ3v) is 8.10. The lowest BCUT2D eigenvalue weighted by atomic mass is 10.1. The fourth-order valence-corrected chi connectivity index (χ4v) is 6.51. The number of thiophene rings is 1. The molecule has 2 amide bonds. The van der Waals surface area contributed by atoms with Crippen LogP contribution in [-0.4, -0.2) is 53.3 Å². The van der Waals surface area contributed by atoms with Crippen molar-refractivity contribution in [2.45, 2.75) is 19.1 Å². The Labute approximate surface area is 200 Å². The fraction of sp³-hybridized carbons (Fsp3) is 0.333. The molecule has 0 saturated heterocycles. The zero-order valence-corrected chi connectivity index (χ0v) is 20.0. The average molecular weight is 484 g/mol.